The van der Waals surface area contributed by atoms with Gasteiger partial charge in [0.25, 0.3) is 0 Å². The fourth-order valence-corrected chi connectivity index (χ4v) is 5.50. The number of hydrogen-bond acceptors (Lipinski definition) is 19. The number of aliphatic hydroxyl groups excluding tert-OH is 7. The van der Waals surface area contributed by atoms with E-state index in [-0.39, 0.29) is 13.0 Å². The largest absolute Gasteiger partial charge is 0.394 e. The lowest BCUT2D eigenvalue weighted by molar-refractivity contribution is -0.307. The number of nitrogens with two attached hydrogens (primary N) is 6. The monoisotopic (exact) mass is 600 g/mol. The van der Waals surface area contributed by atoms with E-state index in [4.69, 9.17) is 62.8 Å². The molecule has 19 N–H and O–H groups in total. The van der Waals surface area contributed by atoms with E-state index in [2.05, 4.69) is 0 Å². The van der Waals surface area contributed by atoms with Gasteiger partial charge in [0.15, 0.2) is 18.9 Å². The minimum absolute atomic E-state index is 0.0869. The molecule has 0 spiro atoms. The van der Waals surface area contributed by atoms with Gasteiger partial charge in [-0.05, 0) is 6.42 Å². The van der Waals surface area contributed by atoms with E-state index in [1.54, 1.807) is 0 Å². The highest BCUT2D eigenvalue weighted by Crippen LogP contribution is 2.34. The molecule has 3 saturated heterocycles. The molecule has 19 atom stereocenters. The Kier molecular flexibility index (Phi) is 10.9. The summed E-state index contributed by atoms with van der Waals surface area (Å²) >= 11 is 0. The molecule has 4 fully saturated rings. The van der Waals surface area contributed by atoms with Crippen LogP contribution in [0.5, 0.6) is 0 Å². The summed E-state index contributed by atoms with van der Waals surface area (Å²) in [6, 6.07) is -4.21. The van der Waals surface area contributed by atoms with Crippen LogP contribution in [0.3, 0.4) is 0 Å². The lowest BCUT2D eigenvalue weighted by Gasteiger charge is -2.47. The van der Waals surface area contributed by atoms with Crippen molar-refractivity contribution in [2.45, 2.75) is 123 Å². The quantitative estimate of drug-likeness (QED) is 0.123. The molecule has 4 aliphatic rings. The fraction of sp³-hybridized carbons (Fsp3) is 1.00. The van der Waals surface area contributed by atoms with Gasteiger partial charge in [-0.15, -0.1) is 0 Å². The maximum absolute atomic E-state index is 11.0. The molecule has 0 aromatic carbocycles. The van der Waals surface area contributed by atoms with Crippen LogP contribution in [0.1, 0.15) is 6.42 Å². The van der Waals surface area contributed by atoms with E-state index in [0.717, 1.165) is 0 Å². The highest BCUT2D eigenvalue weighted by atomic mass is 16.8. The number of rotatable bonds is 8. The van der Waals surface area contributed by atoms with Gasteiger partial charge < -0.3 is 98.6 Å². The lowest BCUT2D eigenvalue weighted by Crippen LogP contribution is -2.68. The minimum atomic E-state index is -1.61. The summed E-state index contributed by atoms with van der Waals surface area (Å²) in [5.41, 5.74) is 35.6. The average Bonchev–Trinajstić information content (AvgIpc) is 3.24. The molecule has 19 nitrogen and oxygen atoms in total. The van der Waals surface area contributed by atoms with E-state index in [1.807, 2.05) is 0 Å². The number of aliphatic hydroxyl groups is 7. The molecule has 41 heavy (non-hydrogen) atoms. The molecule has 0 bridgehead atoms. The van der Waals surface area contributed by atoms with E-state index in [0.29, 0.717) is 0 Å². The van der Waals surface area contributed by atoms with Crippen LogP contribution in [0.2, 0.25) is 0 Å². The van der Waals surface area contributed by atoms with Crippen molar-refractivity contribution in [3.63, 3.8) is 0 Å². The van der Waals surface area contributed by atoms with Crippen LogP contribution in [-0.4, -0.2) is 165 Å². The molecule has 1 saturated carbocycles. The van der Waals surface area contributed by atoms with Gasteiger partial charge in [-0.2, -0.15) is 0 Å². The Hall–Kier alpha value is -0.760. The smallest absolute Gasteiger partial charge is 0.187 e. The zero-order valence-corrected chi connectivity index (χ0v) is 22.1. The van der Waals surface area contributed by atoms with Crippen LogP contribution in [-0.2, 0) is 28.4 Å². The van der Waals surface area contributed by atoms with Crippen LogP contribution in [0.25, 0.3) is 0 Å². The normalized spacial score (nSPS) is 54.8. The van der Waals surface area contributed by atoms with E-state index < -0.39 is 123 Å². The summed E-state index contributed by atoms with van der Waals surface area (Å²) in [5.74, 6) is 0. The van der Waals surface area contributed by atoms with Gasteiger partial charge in [0.1, 0.15) is 67.3 Å². The number of ether oxygens (including phenoxy) is 6. The second-order valence-corrected chi connectivity index (χ2v) is 10.9. The molecule has 1 aliphatic carbocycles. The molecule has 0 amide bonds. The lowest BCUT2D eigenvalue weighted by atomic mass is 9.84. The molecule has 19 heteroatoms. The van der Waals surface area contributed by atoms with Gasteiger partial charge in [0, 0.05) is 18.6 Å². The Bertz CT molecular complexity index is 854. The van der Waals surface area contributed by atoms with Crippen molar-refractivity contribution in [2.75, 3.05) is 13.2 Å². The third-order valence-electron chi connectivity index (χ3n) is 8.08. The molecule has 3 heterocycles. The predicted molar refractivity (Wildman–Crippen MR) is 133 cm³/mol. The predicted octanol–water partition coefficient (Wildman–Crippen LogP) is -8.94. The Balaban J connectivity index is 1.49. The summed E-state index contributed by atoms with van der Waals surface area (Å²) in [4.78, 5) is 0. The summed E-state index contributed by atoms with van der Waals surface area (Å²) < 4.78 is 34.2. The van der Waals surface area contributed by atoms with Crippen LogP contribution in [0.4, 0.5) is 0 Å². The summed E-state index contributed by atoms with van der Waals surface area (Å²) in [7, 11) is 0. The minimum Gasteiger partial charge on any atom is -0.394 e. The summed E-state index contributed by atoms with van der Waals surface area (Å²) in [6.45, 7) is -0.811. The molecule has 0 aromatic heterocycles. The van der Waals surface area contributed by atoms with Crippen molar-refractivity contribution in [2.24, 2.45) is 34.4 Å². The van der Waals surface area contributed by atoms with E-state index >= 15 is 0 Å². The van der Waals surface area contributed by atoms with Crippen molar-refractivity contribution in [3.8, 4) is 0 Å². The topological polar surface area (TPSA) is 353 Å². The van der Waals surface area contributed by atoms with E-state index in [9.17, 15) is 35.7 Å². The van der Waals surface area contributed by atoms with Crippen molar-refractivity contribution < 1.29 is 64.2 Å². The molecule has 0 aromatic rings. The Morgan fingerprint density at radius 1 is 0.561 bits per heavy atom. The average molecular weight is 601 g/mol. The Morgan fingerprint density at radius 3 is 1.71 bits per heavy atom. The first-order valence-corrected chi connectivity index (χ1v) is 13.4. The second-order valence-electron chi connectivity index (χ2n) is 10.9. The zero-order valence-electron chi connectivity index (χ0n) is 22.1. The SMILES string of the molecule is NC[C@H]1O[C@H](O[C@H]2[C@H](O[C@@H]3O[C@H](CO)[C@@H](O[C@H]4O[C@@H](N)[C@@H](O)[C@H](O)[C@H]4N)[C@H]3O)[C@@H](O)[C@H](N)C[C@@H]2N)[C@H](N)[C@@H](O)[C@@H]1O. The number of hydrogen-bond donors (Lipinski definition) is 13. The van der Waals surface area contributed by atoms with Crippen molar-refractivity contribution >= 4 is 0 Å². The highest BCUT2D eigenvalue weighted by Gasteiger charge is 2.54. The molecule has 0 unspecified atom stereocenters. The first-order valence-electron chi connectivity index (χ1n) is 13.4. The molecule has 4 rings (SSSR count). The Morgan fingerprint density at radius 2 is 1.10 bits per heavy atom. The van der Waals surface area contributed by atoms with Crippen molar-refractivity contribution in [1.29, 1.82) is 0 Å². The summed E-state index contributed by atoms with van der Waals surface area (Å²) in [5, 5.41) is 72.4. The third kappa shape index (κ3) is 6.54. The van der Waals surface area contributed by atoms with Gasteiger partial charge in [-0.25, -0.2) is 0 Å². The maximum Gasteiger partial charge on any atom is 0.187 e. The van der Waals surface area contributed by atoms with Crippen molar-refractivity contribution in [3.05, 3.63) is 0 Å². The van der Waals surface area contributed by atoms with Gasteiger partial charge >= 0.3 is 0 Å². The highest BCUT2D eigenvalue weighted by molar-refractivity contribution is 5.02. The van der Waals surface area contributed by atoms with Crippen LogP contribution in [0.15, 0.2) is 0 Å². The fourth-order valence-electron chi connectivity index (χ4n) is 5.50. The van der Waals surface area contributed by atoms with Crippen LogP contribution < -0.4 is 34.4 Å². The van der Waals surface area contributed by atoms with Gasteiger partial charge in [-0.3, -0.25) is 0 Å². The van der Waals surface area contributed by atoms with Crippen LogP contribution >= 0.6 is 0 Å². The molecule has 0 radical (unpaired) electrons. The van der Waals surface area contributed by atoms with Crippen molar-refractivity contribution in [1.82, 2.24) is 0 Å². The van der Waals surface area contributed by atoms with Gasteiger partial charge in [0.05, 0.1) is 24.8 Å². The molecule has 3 aliphatic heterocycles. The second kappa shape index (κ2) is 13.5. The first kappa shape index (κ1) is 33.1. The van der Waals surface area contributed by atoms with Gasteiger partial charge in [0.2, 0.25) is 0 Å². The standard InChI is InChI=1S/C22H44N6O13/c23-2-6-11(31)12(32)8(26)20(36-6)38-16-5(25)1-4(24)10(30)18(16)40-22-15(35)17(7(3-29)37-22)39-21-9(27)13(33)14(34)19(28)41-21/h4-22,29-35H,1-3,23-28H2/t4-,5+,6-,7-,8-,9-,10+,11-,12-,13-,14+,15-,16-,17-,18-,19-,20-,21+,22+/m1/s1. The molecular weight excluding hydrogens is 556 g/mol. The summed E-state index contributed by atoms with van der Waals surface area (Å²) in [6.07, 6.45) is -20.4. The van der Waals surface area contributed by atoms with Crippen LogP contribution in [0, 0.1) is 0 Å². The first-order chi connectivity index (χ1) is 19.3. The zero-order chi connectivity index (χ0) is 30.3. The third-order valence-corrected chi connectivity index (χ3v) is 8.08. The van der Waals surface area contributed by atoms with E-state index in [1.165, 1.54) is 0 Å². The molecule has 240 valence electrons. The van der Waals surface area contributed by atoms with Gasteiger partial charge in [-0.1, -0.05) is 0 Å². The molecular formula is C22H44N6O13. The maximum atomic E-state index is 11.0. The Labute approximate surface area is 235 Å².